The Bertz CT molecular complexity index is 2310. The molecule has 2 aromatic carbocycles. The molecule has 7 rings (SSSR count). The number of nitrogens with zero attached hydrogens (tertiary/aromatic N) is 3. The first-order chi connectivity index (χ1) is 29.2. The molecular formula is C47H64N4O11. The van der Waals surface area contributed by atoms with E-state index in [1.807, 2.05) is 0 Å². The van der Waals surface area contributed by atoms with Crippen LogP contribution in [0, 0.1) is 30.6 Å². The van der Waals surface area contributed by atoms with Crippen LogP contribution in [-0.4, -0.2) is 105 Å². The smallest absolute Gasteiger partial charge is 0.312 e. The van der Waals surface area contributed by atoms with Gasteiger partial charge in [0.15, 0.2) is 5.75 Å². The fourth-order valence-electron chi connectivity index (χ4n) is 9.68. The third kappa shape index (κ3) is 8.36. The Morgan fingerprint density at radius 1 is 0.968 bits per heavy atom. The molecule has 15 heteroatoms. The van der Waals surface area contributed by atoms with Gasteiger partial charge in [0.1, 0.15) is 34.0 Å². The predicted molar refractivity (Wildman–Crippen MR) is 232 cm³/mol. The van der Waals surface area contributed by atoms with Crippen molar-refractivity contribution in [3.8, 4) is 17.2 Å². The molecule has 9 atom stereocenters. The van der Waals surface area contributed by atoms with E-state index in [9.17, 15) is 34.8 Å². The number of amides is 1. The van der Waals surface area contributed by atoms with Crippen LogP contribution in [0.25, 0.3) is 10.8 Å². The fourth-order valence-corrected chi connectivity index (χ4v) is 9.68. The molecule has 5 aliphatic rings. The number of aliphatic hydroxyl groups is 2. The van der Waals surface area contributed by atoms with Crippen LogP contribution in [0.4, 0.5) is 5.69 Å². The summed E-state index contributed by atoms with van der Waals surface area (Å²) in [6, 6.07) is 0.410. The number of aliphatic hydroxyl groups excluding tert-OH is 2. The van der Waals surface area contributed by atoms with E-state index < -0.39 is 82.9 Å². The maximum absolute atomic E-state index is 14.8. The monoisotopic (exact) mass is 860 g/mol. The molecular weight excluding hydrogens is 797 g/mol. The second-order valence-corrected chi connectivity index (χ2v) is 17.8. The van der Waals surface area contributed by atoms with Crippen LogP contribution < -0.4 is 20.8 Å². The minimum Gasteiger partial charge on any atom is -0.507 e. The molecule has 5 aliphatic heterocycles. The predicted octanol–water partition coefficient (Wildman–Crippen LogP) is 5.28. The lowest BCUT2D eigenvalue weighted by molar-refractivity contribution is -0.160. The summed E-state index contributed by atoms with van der Waals surface area (Å²) < 4.78 is 24.0. The molecule has 0 aromatic heterocycles. The Labute approximate surface area is 363 Å². The van der Waals surface area contributed by atoms with Gasteiger partial charge in [0.2, 0.25) is 0 Å². The van der Waals surface area contributed by atoms with E-state index in [0.717, 1.165) is 25.9 Å². The average Bonchev–Trinajstić information content (AvgIpc) is 3.74. The average molecular weight is 861 g/mol. The molecule has 0 aliphatic carbocycles. The normalized spacial score (nSPS) is 32.3. The maximum atomic E-state index is 14.8. The summed E-state index contributed by atoms with van der Waals surface area (Å²) in [7, 11) is 1.47. The lowest BCUT2D eigenvalue weighted by Crippen LogP contribution is -2.49. The van der Waals surface area contributed by atoms with Crippen LogP contribution in [0.1, 0.15) is 104 Å². The molecule has 0 radical (unpaired) electrons. The number of phenolic OH excluding ortho intramolecular Hbond substituents is 2. The molecule has 338 valence electrons. The van der Waals surface area contributed by atoms with E-state index in [2.05, 4.69) is 29.1 Å². The first kappa shape index (κ1) is 46.7. The van der Waals surface area contributed by atoms with Gasteiger partial charge in [-0.15, -0.1) is 0 Å². The quantitative estimate of drug-likeness (QED) is 0.192. The number of esters is 1. The van der Waals surface area contributed by atoms with Crippen LogP contribution >= 0.6 is 0 Å². The standard InChI is InChI=1S/C47H64N4O11/c1-12-30(13-2)51-20-18-47(19-21-51)49-35-32-33-40(55)28(8)43-34(32)44(57)46(10,62-43)60-22-17-31(59-11)25(5)42(61-29(9)52)27(7)39(54)26(6)38(53)23(3)15-14-16-24(4)45(58)48-37(41(33)56)36(35)50-47/h14-17,22-23,25-27,30-31,38-39,42,49,53-56H,12-13,18-21H2,1-11H3/b15-14-,22-17-,24-16-,48-37?. The summed E-state index contributed by atoms with van der Waals surface area (Å²) in [5, 5.41) is 50.7. The van der Waals surface area contributed by atoms with Gasteiger partial charge in [0.25, 0.3) is 11.7 Å². The van der Waals surface area contributed by atoms with Gasteiger partial charge in [-0.25, -0.2) is 4.99 Å². The second-order valence-electron chi connectivity index (χ2n) is 17.8. The van der Waals surface area contributed by atoms with Crippen LogP contribution in [-0.2, 0) is 23.8 Å². The van der Waals surface area contributed by atoms with Crippen LogP contribution in [0.5, 0.6) is 17.2 Å². The number of methoxy groups -OCH3 is 1. The summed E-state index contributed by atoms with van der Waals surface area (Å²) >= 11 is 0. The number of aromatic hydroxyl groups is 2. The van der Waals surface area contributed by atoms with Crippen molar-refractivity contribution in [2.24, 2.45) is 33.7 Å². The van der Waals surface area contributed by atoms with Gasteiger partial charge in [0, 0.05) is 93.1 Å². The van der Waals surface area contributed by atoms with Gasteiger partial charge >= 0.3 is 11.8 Å². The van der Waals surface area contributed by atoms with E-state index in [1.165, 1.54) is 27.2 Å². The zero-order valence-electron chi connectivity index (χ0n) is 37.8. The highest BCUT2D eigenvalue weighted by Gasteiger charge is 2.51. The van der Waals surface area contributed by atoms with Crippen molar-refractivity contribution in [3.05, 3.63) is 58.0 Å². The molecule has 5 N–H and O–H groups in total. The van der Waals surface area contributed by atoms with Crippen molar-refractivity contribution >= 4 is 34.1 Å². The number of nitrogens with one attached hydrogen (secondary N) is 1. The zero-order valence-corrected chi connectivity index (χ0v) is 37.8. The Hall–Kier alpha value is -4.83. The third-order valence-corrected chi connectivity index (χ3v) is 13.7. The third-order valence-electron chi connectivity index (χ3n) is 13.7. The van der Waals surface area contributed by atoms with Gasteiger partial charge in [-0.05, 0) is 32.8 Å². The summed E-state index contributed by atoms with van der Waals surface area (Å²) in [4.78, 5) is 53.1. The second kappa shape index (κ2) is 18.1. The van der Waals surface area contributed by atoms with Gasteiger partial charge < -0.3 is 49.6 Å². The number of allylic oxidation sites excluding steroid dienone is 2. The molecule has 1 saturated heterocycles. The SMILES string of the molecule is CCC(CC)N1CCC2(CC1)N=c1c(c3c4c5c(C)c(O)c3c(O)c1=NC(=O)/C(C)=C\C=C/C(C)C(O)C(C)C(O)C(C)C(OC(C)=O)C(C)C(OC)/C=C\OC(C)(O5)C4=O)N2. The highest BCUT2D eigenvalue weighted by Crippen LogP contribution is 2.51. The number of hydrogen-bond donors (Lipinski definition) is 5. The molecule has 5 bridgehead atoms. The van der Waals surface area contributed by atoms with E-state index in [4.69, 9.17) is 23.9 Å². The van der Waals surface area contributed by atoms with E-state index in [-0.39, 0.29) is 49.7 Å². The van der Waals surface area contributed by atoms with Crippen molar-refractivity contribution in [2.75, 3.05) is 25.5 Å². The Morgan fingerprint density at radius 2 is 1.63 bits per heavy atom. The molecule has 1 amide bonds. The molecule has 9 unspecified atom stereocenters. The Balaban J connectivity index is 1.55. The number of carbonyl (C=O) groups excluding carboxylic acids is 3. The summed E-state index contributed by atoms with van der Waals surface area (Å²) in [6.45, 7) is 18.7. The number of anilines is 1. The summed E-state index contributed by atoms with van der Waals surface area (Å²) in [5.74, 6) is -7.03. The van der Waals surface area contributed by atoms with Crippen LogP contribution in [0.3, 0.4) is 0 Å². The maximum Gasteiger partial charge on any atom is 0.312 e. The number of likely N-dealkylation sites (tertiary alicyclic amines) is 1. The number of hydrogen-bond acceptors (Lipinski definition) is 14. The van der Waals surface area contributed by atoms with Gasteiger partial charge in [-0.1, -0.05) is 59.8 Å². The fraction of sp³-hybridized carbons (Fsp3) is 0.596. The van der Waals surface area contributed by atoms with Crippen molar-refractivity contribution < 1.29 is 53.8 Å². The number of benzene rings is 2. The number of ether oxygens (including phenoxy) is 4. The minimum absolute atomic E-state index is 0.0559. The number of ketones is 1. The van der Waals surface area contributed by atoms with E-state index in [1.54, 1.807) is 65.8 Å². The molecule has 0 saturated carbocycles. The van der Waals surface area contributed by atoms with E-state index >= 15 is 0 Å². The zero-order chi connectivity index (χ0) is 45.6. The lowest BCUT2D eigenvalue weighted by atomic mass is 9.78. The number of phenols is 2. The molecule has 5 heterocycles. The highest BCUT2D eigenvalue weighted by molar-refractivity contribution is 6.21. The van der Waals surface area contributed by atoms with Crippen molar-refractivity contribution in [1.29, 1.82) is 0 Å². The Kier molecular flexibility index (Phi) is 13.6. The van der Waals surface area contributed by atoms with Gasteiger partial charge in [0.05, 0.1) is 41.2 Å². The number of Topliss-reactive ketones (excluding diaryl/α,β-unsaturated/α-hetero) is 1. The Morgan fingerprint density at radius 3 is 2.24 bits per heavy atom. The van der Waals surface area contributed by atoms with Crippen molar-refractivity contribution in [1.82, 2.24) is 4.90 Å². The van der Waals surface area contributed by atoms with E-state index in [0.29, 0.717) is 24.6 Å². The van der Waals surface area contributed by atoms with Crippen molar-refractivity contribution in [3.63, 3.8) is 0 Å². The summed E-state index contributed by atoms with van der Waals surface area (Å²) in [5.41, 5.74) is -0.108. The minimum atomic E-state index is -1.95. The van der Waals surface area contributed by atoms with Crippen LogP contribution in [0.2, 0.25) is 0 Å². The summed E-state index contributed by atoms with van der Waals surface area (Å²) in [6.07, 6.45) is 7.10. The first-order valence-corrected chi connectivity index (χ1v) is 21.8. The molecule has 62 heavy (non-hydrogen) atoms. The number of carbonyl (C=O) groups is 3. The molecule has 2 aromatic rings. The topological polar surface area (TPSA) is 209 Å². The largest absolute Gasteiger partial charge is 0.507 e. The highest BCUT2D eigenvalue weighted by atomic mass is 16.7. The lowest BCUT2D eigenvalue weighted by Gasteiger charge is -2.41. The number of rotatable bonds is 5. The number of piperidine rings is 1. The first-order valence-electron chi connectivity index (χ1n) is 21.8. The molecule has 1 spiro atoms. The number of fused-ring (bicyclic) bond motifs is 13. The molecule has 1 fully saturated rings. The van der Waals surface area contributed by atoms with Gasteiger partial charge in [-0.3, -0.25) is 19.4 Å². The molecule has 15 nitrogen and oxygen atoms in total. The van der Waals surface area contributed by atoms with Crippen molar-refractivity contribution in [2.45, 2.75) is 137 Å². The van der Waals surface area contributed by atoms with Crippen LogP contribution in [0.15, 0.2) is 46.1 Å². The van der Waals surface area contributed by atoms with Gasteiger partial charge in [-0.2, -0.15) is 0 Å².